The summed E-state index contributed by atoms with van der Waals surface area (Å²) in [5.41, 5.74) is 0. The zero-order valence-electron chi connectivity index (χ0n) is 40.5. The lowest BCUT2D eigenvalue weighted by Crippen LogP contribution is -2.65. The van der Waals surface area contributed by atoms with Gasteiger partial charge in [-0.25, -0.2) is 0 Å². The number of carbonyl (C=O) groups is 1. The molecule has 0 aromatic carbocycles. The van der Waals surface area contributed by atoms with E-state index in [0.29, 0.717) is 12.8 Å². The molecule has 0 radical (unpaired) electrons. The number of hydrogen-bond donors (Lipinski definition) is 9. The Labute approximate surface area is 406 Å². The molecule has 0 aromatic heterocycles. The lowest BCUT2D eigenvalue weighted by molar-refractivity contribution is -0.359. The second-order valence-corrected chi connectivity index (χ2v) is 16.8. The quantitative estimate of drug-likeness (QED) is 0.0251. The van der Waals surface area contributed by atoms with Crippen molar-refractivity contribution in [2.75, 3.05) is 19.8 Å². The Bertz CT molecular complexity index is 1600. The average molecular weight is 956 g/mol. The minimum atomic E-state index is -1.80. The molecule has 14 heteroatoms. The molecule has 2 heterocycles. The minimum absolute atomic E-state index is 0.220. The van der Waals surface area contributed by atoms with E-state index in [0.717, 1.165) is 83.5 Å². The molecular formula is C54H85NO13. The topological polar surface area (TPSA) is 228 Å². The van der Waals surface area contributed by atoms with Crippen molar-refractivity contribution in [2.45, 2.75) is 190 Å². The molecule has 384 valence electrons. The summed E-state index contributed by atoms with van der Waals surface area (Å²) >= 11 is 0. The van der Waals surface area contributed by atoms with Crippen molar-refractivity contribution in [2.24, 2.45) is 0 Å². The van der Waals surface area contributed by atoms with Gasteiger partial charge >= 0.3 is 0 Å². The van der Waals surface area contributed by atoms with Gasteiger partial charge in [0.1, 0.15) is 48.8 Å². The summed E-state index contributed by atoms with van der Waals surface area (Å²) in [4.78, 5) is 13.1. The van der Waals surface area contributed by atoms with Gasteiger partial charge in [-0.05, 0) is 96.8 Å². The zero-order chi connectivity index (χ0) is 49.6. The Morgan fingerprint density at radius 2 is 1.04 bits per heavy atom. The lowest BCUT2D eigenvalue weighted by atomic mass is 9.97. The van der Waals surface area contributed by atoms with E-state index in [-0.39, 0.29) is 18.9 Å². The van der Waals surface area contributed by atoms with E-state index in [2.05, 4.69) is 116 Å². The van der Waals surface area contributed by atoms with Crippen LogP contribution in [0.2, 0.25) is 0 Å². The second-order valence-electron chi connectivity index (χ2n) is 16.8. The summed E-state index contributed by atoms with van der Waals surface area (Å²) in [6, 6.07) is -0.962. The van der Waals surface area contributed by atoms with Crippen LogP contribution in [0.15, 0.2) is 122 Å². The van der Waals surface area contributed by atoms with Crippen LogP contribution in [0.4, 0.5) is 0 Å². The third-order valence-corrected chi connectivity index (χ3v) is 11.2. The first-order valence-electron chi connectivity index (χ1n) is 24.7. The first-order chi connectivity index (χ1) is 33.1. The van der Waals surface area contributed by atoms with Crippen LogP contribution in [-0.2, 0) is 23.7 Å². The highest BCUT2D eigenvalue weighted by molar-refractivity contribution is 5.76. The highest BCUT2D eigenvalue weighted by Crippen LogP contribution is 2.30. The van der Waals surface area contributed by atoms with Gasteiger partial charge in [0.2, 0.25) is 5.91 Å². The zero-order valence-corrected chi connectivity index (χ0v) is 40.5. The molecule has 0 spiro atoms. The van der Waals surface area contributed by atoms with Gasteiger partial charge in [0.25, 0.3) is 0 Å². The van der Waals surface area contributed by atoms with Crippen molar-refractivity contribution in [3.63, 3.8) is 0 Å². The Kier molecular flexibility index (Phi) is 34.8. The fraction of sp³-hybridized carbons (Fsp3) is 0.611. The van der Waals surface area contributed by atoms with Gasteiger partial charge in [-0.15, -0.1) is 0 Å². The Hall–Kier alpha value is -3.61. The van der Waals surface area contributed by atoms with E-state index in [4.69, 9.17) is 18.9 Å². The van der Waals surface area contributed by atoms with Gasteiger partial charge in [0.05, 0.1) is 32.0 Å². The fourth-order valence-corrected chi connectivity index (χ4v) is 7.19. The van der Waals surface area contributed by atoms with E-state index >= 15 is 0 Å². The summed E-state index contributed by atoms with van der Waals surface area (Å²) in [5, 5.41) is 86.4. The number of ether oxygens (including phenoxy) is 4. The summed E-state index contributed by atoms with van der Waals surface area (Å²) in [6.45, 7) is 2.34. The average Bonchev–Trinajstić information content (AvgIpc) is 3.34. The minimum Gasteiger partial charge on any atom is -0.394 e. The van der Waals surface area contributed by atoms with Gasteiger partial charge in [0, 0.05) is 6.42 Å². The van der Waals surface area contributed by atoms with Gasteiger partial charge in [0.15, 0.2) is 12.6 Å². The molecular weight excluding hydrogens is 871 g/mol. The number of nitrogens with one attached hydrogen (secondary N) is 1. The number of carbonyl (C=O) groups excluding carboxylic acids is 1. The van der Waals surface area contributed by atoms with E-state index in [1.807, 2.05) is 19.1 Å². The predicted molar refractivity (Wildman–Crippen MR) is 267 cm³/mol. The number of amides is 1. The highest BCUT2D eigenvalue weighted by Gasteiger charge is 2.51. The molecule has 2 saturated heterocycles. The lowest BCUT2D eigenvalue weighted by Gasteiger charge is -2.46. The first kappa shape index (κ1) is 60.5. The van der Waals surface area contributed by atoms with Crippen molar-refractivity contribution >= 4 is 5.91 Å². The molecule has 2 rings (SSSR count). The molecule has 2 aliphatic rings. The number of aliphatic hydroxyl groups is 8. The number of aliphatic hydroxyl groups excluding tert-OH is 8. The van der Waals surface area contributed by atoms with Crippen LogP contribution in [0, 0.1) is 0 Å². The predicted octanol–water partition coefficient (Wildman–Crippen LogP) is 6.32. The van der Waals surface area contributed by atoms with Gasteiger partial charge < -0.3 is 65.1 Å². The van der Waals surface area contributed by atoms with Crippen molar-refractivity contribution in [3.05, 3.63) is 122 Å². The monoisotopic (exact) mass is 956 g/mol. The SMILES string of the molecule is C/C=C/CC/C=C/CC/C=C/C(O)C(COC1OC(CO)C(OC2OC(CO)C(O)C(O)C2O)C(O)C1O)NC(=O)CCCCC/C=C\C/C=C\C/C=C\C/C=C\C/C=C\C/C=C\C/C=C\CC. The molecule has 0 aliphatic carbocycles. The molecule has 0 saturated carbocycles. The maximum atomic E-state index is 13.1. The summed E-state index contributed by atoms with van der Waals surface area (Å²) in [7, 11) is 0. The maximum Gasteiger partial charge on any atom is 0.220 e. The molecule has 2 fully saturated rings. The Balaban J connectivity index is 1.80. The molecule has 12 atom stereocenters. The summed E-state index contributed by atoms with van der Waals surface area (Å²) < 4.78 is 22.6. The number of rotatable bonds is 35. The van der Waals surface area contributed by atoms with E-state index in [1.54, 1.807) is 6.08 Å². The second kappa shape index (κ2) is 39.1. The standard InChI is InChI=1S/C54H85NO13/c1-3-5-7-9-11-13-14-15-16-17-18-19-20-21-22-23-24-25-26-27-28-30-32-34-36-38-46(59)55-42(43(58)37-35-33-31-29-12-10-8-6-4-2)41-65-53-51(64)49(62)52(45(40-57)67-53)68-54-50(63)48(61)47(60)44(39-56)66-54/h4-7,11-13,15-16,18-19,21-22,24-25,27-29,35,37,42-45,47-54,56-58,60-64H,3,8-10,14,17,20,23,26,30-34,36,38-41H2,1-2H3,(H,55,59)/b6-4+,7-5-,13-11-,16-15-,19-18-,22-21-,25-24-,28-27-,29-12+,37-35+. The van der Waals surface area contributed by atoms with Gasteiger partial charge in [-0.1, -0.05) is 135 Å². The first-order valence-corrected chi connectivity index (χ1v) is 24.7. The van der Waals surface area contributed by atoms with E-state index in [1.165, 1.54) is 0 Å². The number of unbranched alkanes of at least 4 members (excludes halogenated alkanes) is 5. The summed E-state index contributed by atoms with van der Waals surface area (Å²) in [5.74, 6) is -0.297. The Morgan fingerprint density at radius 1 is 0.559 bits per heavy atom. The van der Waals surface area contributed by atoms with Crippen LogP contribution < -0.4 is 5.32 Å². The van der Waals surface area contributed by atoms with Crippen LogP contribution >= 0.6 is 0 Å². The van der Waals surface area contributed by atoms with Crippen LogP contribution in [0.5, 0.6) is 0 Å². The molecule has 68 heavy (non-hydrogen) atoms. The maximum absolute atomic E-state index is 13.1. The molecule has 1 amide bonds. The van der Waals surface area contributed by atoms with Crippen LogP contribution in [-0.4, -0.2) is 140 Å². The van der Waals surface area contributed by atoms with Crippen LogP contribution in [0.25, 0.3) is 0 Å². The van der Waals surface area contributed by atoms with Crippen LogP contribution in [0.1, 0.15) is 117 Å². The normalized spacial score (nSPS) is 27.4. The van der Waals surface area contributed by atoms with Crippen molar-refractivity contribution in [1.82, 2.24) is 5.32 Å². The number of hydrogen-bond acceptors (Lipinski definition) is 13. The molecule has 0 aromatic rings. The van der Waals surface area contributed by atoms with Crippen molar-refractivity contribution < 1.29 is 64.6 Å². The van der Waals surface area contributed by atoms with Gasteiger partial charge in [-0.2, -0.15) is 0 Å². The number of allylic oxidation sites excluding steroid dienone is 19. The van der Waals surface area contributed by atoms with E-state index in [9.17, 15) is 45.6 Å². The van der Waals surface area contributed by atoms with Crippen LogP contribution in [0.3, 0.4) is 0 Å². The molecule has 12 unspecified atom stereocenters. The van der Waals surface area contributed by atoms with Crippen molar-refractivity contribution in [3.8, 4) is 0 Å². The third-order valence-electron chi connectivity index (χ3n) is 11.2. The molecule has 9 N–H and O–H groups in total. The highest BCUT2D eigenvalue weighted by atomic mass is 16.7. The fourth-order valence-electron chi connectivity index (χ4n) is 7.19. The third kappa shape index (κ3) is 25.8. The molecule has 0 bridgehead atoms. The smallest absolute Gasteiger partial charge is 0.220 e. The largest absolute Gasteiger partial charge is 0.394 e. The van der Waals surface area contributed by atoms with E-state index < -0.39 is 86.8 Å². The Morgan fingerprint density at radius 3 is 1.59 bits per heavy atom. The van der Waals surface area contributed by atoms with Gasteiger partial charge in [-0.3, -0.25) is 4.79 Å². The molecule has 14 nitrogen and oxygen atoms in total. The molecule has 2 aliphatic heterocycles. The van der Waals surface area contributed by atoms with Crippen molar-refractivity contribution in [1.29, 1.82) is 0 Å². The summed E-state index contributed by atoms with van der Waals surface area (Å²) in [6.07, 6.45) is 38.5.